The average Bonchev–Trinajstić information content (AvgIpc) is 2.92. The van der Waals surface area contributed by atoms with Gasteiger partial charge in [-0.2, -0.15) is 0 Å². The molecule has 0 saturated carbocycles. The monoisotopic (exact) mass is 328 g/mol. The second-order valence-corrected chi connectivity index (χ2v) is 6.62. The van der Waals surface area contributed by atoms with Gasteiger partial charge in [0.15, 0.2) is 11.5 Å². The van der Waals surface area contributed by atoms with Gasteiger partial charge in [-0.1, -0.05) is 0 Å². The first-order valence-electron chi connectivity index (χ1n) is 7.65. The van der Waals surface area contributed by atoms with E-state index < -0.39 is 0 Å². The first-order valence-corrected chi connectivity index (χ1v) is 7.65. The smallest absolute Gasteiger partial charge is 0.274 e. The lowest BCUT2D eigenvalue weighted by molar-refractivity contribution is 0.102. The van der Waals surface area contributed by atoms with Crippen LogP contribution in [-0.4, -0.2) is 28.2 Å². The number of benzene rings is 1. The highest BCUT2D eigenvalue weighted by atomic mass is 16.7. The van der Waals surface area contributed by atoms with Crippen LogP contribution in [0.5, 0.6) is 11.5 Å². The highest BCUT2D eigenvalue weighted by molar-refractivity contribution is 6.03. The molecule has 2 N–H and O–H groups in total. The van der Waals surface area contributed by atoms with Crippen molar-refractivity contribution in [3.63, 3.8) is 0 Å². The second-order valence-electron chi connectivity index (χ2n) is 6.62. The molecule has 7 nitrogen and oxygen atoms in total. The van der Waals surface area contributed by atoms with E-state index in [4.69, 9.17) is 9.47 Å². The summed E-state index contributed by atoms with van der Waals surface area (Å²) in [5.41, 5.74) is 1.43. The van der Waals surface area contributed by atoms with Crippen molar-refractivity contribution in [2.75, 3.05) is 17.4 Å². The number of fused-ring (bicyclic) bond motifs is 1. The van der Waals surface area contributed by atoms with Crippen LogP contribution >= 0.6 is 0 Å². The van der Waals surface area contributed by atoms with Crippen LogP contribution in [0.2, 0.25) is 0 Å². The minimum absolute atomic E-state index is 0.194. The summed E-state index contributed by atoms with van der Waals surface area (Å²) in [5, 5.41) is 5.99. The molecular weight excluding hydrogens is 308 g/mol. The molecule has 1 aromatic carbocycles. The van der Waals surface area contributed by atoms with E-state index in [2.05, 4.69) is 20.6 Å². The van der Waals surface area contributed by atoms with Crippen LogP contribution in [0.25, 0.3) is 0 Å². The first kappa shape index (κ1) is 16.0. The lowest BCUT2D eigenvalue weighted by Crippen LogP contribution is -2.28. The molecule has 0 spiro atoms. The zero-order valence-electron chi connectivity index (χ0n) is 14.1. The highest BCUT2D eigenvalue weighted by Gasteiger charge is 2.17. The molecule has 126 valence electrons. The van der Waals surface area contributed by atoms with E-state index in [0.717, 1.165) is 0 Å². The van der Waals surface area contributed by atoms with Crippen LogP contribution in [0.4, 0.5) is 11.6 Å². The maximum atomic E-state index is 12.5. The summed E-state index contributed by atoms with van der Waals surface area (Å²) < 4.78 is 10.6. The Labute approximate surface area is 140 Å². The lowest BCUT2D eigenvalue weighted by Gasteiger charge is -2.20. The van der Waals surface area contributed by atoms with Gasteiger partial charge in [0.1, 0.15) is 5.69 Å². The molecule has 1 amide bonds. The number of nitrogens with one attached hydrogen (secondary N) is 2. The van der Waals surface area contributed by atoms with Gasteiger partial charge < -0.3 is 20.1 Å². The molecule has 2 aromatic rings. The van der Waals surface area contributed by atoms with Gasteiger partial charge in [-0.3, -0.25) is 4.79 Å². The van der Waals surface area contributed by atoms with Crippen molar-refractivity contribution in [2.24, 2.45) is 0 Å². The van der Waals surface area contributed by atoms with Crippen LogP contribution in [0.1, 0.15) is 37.0 Å². The van der Waals surface area contributed by atoms with Crippen molar-refractivity contribution in [1.29, 1.82) is 0 Å². The third kappa shape index (κ3) is 3.73. The van der Waals surface area contributed by atoms with Crippen LogP contribution in [0.3, 0.4) is 0 Å². The Morgan fingerprint density at radius 3 is 2.62 bits per heavy atom. The number of carbonyl (C=O) groups is 1. The van der Waals surface area contributed by atoms with Gasteiger partial charge in [0, 0.05) is 23.0 Å². The normalized spacial score (nSPS) is 12.8. The Hall–Kier alpha value is -2.83. The van der Waals surface area contributed by atoms with Crippen molar-refractivity contribution in [3.8, 4) is 11.5 Å². The number of carbonyl (C=O) groups excluding carboxylic acids is 1. The molecule has 0 unspecified atom stereocenters. The number of hydrogen-bond donors (Lipinski definition) is 2. The van der Waals surface area contributed by atoms with Crippen molar-refractivity contribution >= 4 is 17.5 Å². The van der Waals surface area contributed by atoms with E-state index in [1.165, 1.54) is 0 Å². The number of anilines is 2. The quantitative estimate of drug-likeness (QED) is 0.901. The van der Waals surface area contributed by atoms with Crippen molar-refractivity contribution in [1.82, 2.24) is 9.97 Å². The van der Waals surface area contributed by atoms with Crippen LogP contribution in [0, 0.1) is 6.92 Å². The first-order chi connectivity index (χ1) is 11.3. The van der Waals surface area contributed by atoms with Crippen molar-refractivity contribution in [3.05, 3.63) is 35.7 Å². The van der Waals surface area contributed by atoms with Gasteiger partial charge >= 0.3 is 0 Å². The highest BCUT2D eigenvalue weighted by Crippen LogP contribution is 2.34. The van der Waals surface area contributed by atoms with E-state index >= 15 is 0 Å². The third-order valence-electron chi connectivity index (χ3n) is 3.20. The minimum Gasteiger partial charge on any atom is -0.454 e. The fraction of sp³-hybridized carbons (Fsp3) is 0.353. The number of rotatable bonds is 3. The molecule has 0 fully saturated rings. The summed E-state index contributed by atoms with van der Waals surface area (Å²) in [7, 11) is 0. The SMILES string of the molecule is Cc1cc(C(=O)Nc2ccc3c(c2)OCO3)nc(NC(C)(C)C)n1. The molecule has 0 aliphatic carbocycles. The summed E-state index contributed by atoms with van der Waals surface area (Å²) >= 11 is 0. The molecule has 0 bridgehead atoms. The number of aromatic nitrogens is 2. The Bertz CT molecular complexity index is 784. The predicted octanol–water partition coefficient (Wildman–Crippen LogP) is 2.98. The van der Waals surface area contributed by atoms with Crippen LogP contribution < -0.4 is 20.1 Å². The van der Waals surface area contributed by atoms with E-state index in [1.54, 1.807) is 24.3 Å². The second kappa shape index (κ2) is 5.99. The fourth-order valence-corrected chi connectivity index (χ4v) is 2.25. The molecule has 0 atom stereocenters. The minimum atomic E-state index is -0.309. The van der Waals surface area contributed by atoms with E-state index in [-0.39, 0.29) is 18.2 Å². The predicted molar refractivity (Wildman–Crippen MR) is 90.7 cm³/mol. The van der Waals surface area contributed by atoms with Crippen molar-refractivity contribution in [2.45, 2.75) is 33.2 Å². The Morgan fingerprint density at radius 1 is 1.12 bits per heavy atom. The zero-order valence-corrected chi connectivity index (χ0v) is 14.1. The molecule has 3 rings (SSSR count). The topological polar surface area (TPSA) is 85.4 Å². The van der Waals surface area contributed by atoms with Crippen LogP contribution in [0.15, 0.2) is 24.3 Å². The van der Waals surface area contributed by atoms with Crippen molar-refractivity contribution < 1.29 is 14.3 Å². The molecule has 2 heterocycles. The molecule has 1 aliphatic rings. The maximum absolute atomic E-state index is 12.5. The summed E-state index contributed by atoms with van der Waals surface area (Å²) in [5.74, 6) is 1.40. The zero-order chi connectivity index (χ0) is 17.3. The van der Waals surface area contributed by atoms with E-state index in [0.29, 0.717) is 34.5 Å². The molecule has 1 aromatic heterocycles. The van der Waals surface area contributed by atoms with E-state index in [1.807, 2.05) is 27.7 Å². The third-order valence-corrected chi connectivity index (χ3v) is 3.20. The molecule has 0 radical (unpaired) electrons. The summed E-state index contributed by atoms with van der Waals surface area (Å²) in [4.78, 5) is 21.1. The summed E-state index contributed by atoms with van der Waals surface area (Å²) in [6, 6.07) is 6.89. The van der Waals surface area contributed by atoms with Gasteiger partial charge in [0.2, 0.25) is 12.7 Å². The molecule has 24 heavy (non-hydrogen) atoms. The summed E-state index contributed by atoms with van der Waals surface area (Å²) in [6.07, 6.45) is 0. The van der Waals surface area contributed by atoms with Gasteiger partial charge in [-0.15, -0.1) is 0 Å². The number of nitrogens with zero attached hydrogens (tertiary/aromatic N) is 2. The summed E-state index contributed by atoms with van der Waals surface area (Å²) in [6.45, 7) is 8.04. The molecular formula is C17H20N4O3. The van der Waals surface area contributed by atoms with Crippen LogP contribution in [-0.2, 0) is 0 Å². The molecule has 0 saturated heterocycles. The largest absolute Gasteiger partial charge is 0.454 e. The maximum Gasteiger partial charge on any atom is 0.274 e. The standard InChI is InChI=1S/C17H20N4O3/c1-10-7-12(20-16(18-10)21-17(2,3)4)15(22)19-11-5-6-13-14(8-11)24-9-23-13/h5-8H,9H2,1-4H3,(H,19,22)(H,18,20,21). The van der Waals surface area contributed by atoms with Gasteiger partial charge in [0.05, 0.1) is 0 Å². The van der Waals surface area contributed by atoms with Gasteiger partial charge in [-0.25, -0.2) is 9.97 Å². The Morgan fingerprint density at radius 2 is 1.88 bits per heavy atom. The fourth-order valence-electron chi connectivity index (χ4n) is 2.25. The number of ether oxygens (including phenoxy) is 2. The van der Waals surface area contributed by atoms with Gasteiger partial charge in [0.25, 0.3) is 5.91 Å². The Kier molecular flexibility index (Phi) is 4.01. The Balaban J connectivity index is 1.79. The lowest BCUT2D eigenvalue weighted by atomic mass is 10.1. The molecule has 7 heteroatoms. The van der Waals surface area contributed by atoms with E-state index in [9.17, 15) is 4.79 Å². The number of aryl methyl sites for hydroxylation is 1. The average molecular weight is 328 g/mol. The van der Waals surface area contributed by atoms with Gasteiger partial charge in [-0.05, 0) is 45.9 Å². The number of hydrogen-bond acceptors (Lipinski definition) is 6. The number of amides is 1. The molecule has 1 aliphatic heterocycles.